The molecule has 2 aromatic rings. The quantitative estimate of drug-likeness (QED) is 0.873. The molecule has 0 amide bonds. The number of nitrogens with two attached hydrogens (primary N) is 1. The summed E-state index contributed by atoms with van der Waals surface area (Å²) in [5.41, 5.74) is 1.57. The van der Waals surface area contributed by atoms with Crippen LogP contribution >= 0.6 is 0 Å². The molecule has 0 atom stereocenters. The van der Waals surface area contributed by atoms with E-state index in [9.17, 15) is 8.42 Å². The van der Waals surface area contributed by atoms with Gasteiger partial charge in [-0.25, -0.2) is 13.6 Å². The lowest BCUT2D eigenvalue weighted by Gasteiger charge is -2.09. The summed E-state index contributed by atoms with van der Waals surface area (Å²) in [7, 11) is -0.624. The summed E-state index contributed by atoms with van der Waals surface area (Å²) < 4.78 is 30.2. The van der Waals surface area contributed by atoms with Gasteiger partial charge >= 0.3 is 0 Å². The van der Waals surface area contributed by atoms with Gasteiger partial charge in [-0.15, -0.1) is 0 Å². The number of hydrogen-bond acceptors (Lipinski definition) is 3. The maximum absolute atomic E-state index is 11.7. The third kappa shape index (κ3) is 1.79. The lowest BCUT2D eigenvalue weighted by atomic mass is 10.2. The van der Waals surface area contributed by atoms with Gasteiger partial charge in [-0.2, -0.15) is 0 Å². The van der Waals surface area contributed by atoms with Crippen LogP contribution in [0.15, 0.2) is 23.2 Å². The lowest BCUT2D eigenvalue weighted by molar-refractivity contribution is 0.403. The van der Waals surface area contributed by atoms with E-state index in [-0.39, 0.29) is 10.6 Å². The SMILES string of the molecule is COc1ccc2c(C)cn(C)c2c1S(N)(=O)=O. The van der Waals surface area contributed by atoms with E-state index in [1.807, 2.05) is 19.2 Å². The van der Waals surface area contributed by atoms with Gasteiger partial charge in [0.05, 0.1) is 12.6 Å². The molecule has 0 radical (unpaired) electrons. The molecule has 0 aliphatic carbocycles. The lowest BCUT2D eigenvalue weighted by Crippen LogP contribution is -2.15. The summed E-state index contributed by atoms with van der Waals surface area (Å²) in [5, 5.41) is 6.11. The second kappa shape index (κ2) is 3.75. The molecule has 5 nitrogen and oxygen atoms in total. The molecule has 0 unspecified atom stereocenters. The Morgan fingerprint density at radius 2 is 2.00 bits per heavy atom. The van der Waals surface area contributed by atoms with Crippen molar-refractivity contribution in [1.82, 2.24) is 4.57 Å². The first kappa shape index (κ1) is 11.9. The monoisotopic (exact) mass is 254 g/mol. The first-order valence-electron chi connectivity index (χ1n) is 5.01. The van der Waals surface area contributed by atoms with Crippen LogP contribution in [0.2, 0.25) is 0 Å². The van der Waals surface area contributed by atoms with Crippen LogP contribution in [-0.4, -0.2) is 20.1 Å². The second-order valence-electron chi connectivity index (χ2n) is 3.96. The summed E-state index contributed by atoms with van der Waals surface area (Å²) >= 11 is 0. The Balaban J connectivity index is 3.04. The number of aryl methyl sites for hydroxylation is 2. The van der Waals surface area contributed by atoms with Crippen LogP contribution in [0.5, 0.6) is 5.75 Å². The van der Waals surface area contributed by atoms with Crippen molar-refractivity contribution in [3.8, 4) is 5.75 Å². The Morgan fingerprint density at radius 3 is 2.53 bits per heavy atom. The minimum Gasteiger partial charge on any atom is -0.495 e. The molecular weight excluding hydrogens is 240 g/mol. The smallest absolute Gasteiger partial charge is 0.243 e. The average molecular weight is 254 g/mol. The van der Waals surface area contributed by atoms with Crippen LogP contribution in [0.3, 0.4) is 0 Å². The largest absolute Gasteiger partial charge is 0.495 e. The number of rotatable bonds is 2. The van der Waals surface area contributed by atoms with Gasteiger partial charge in [-0.3, -0.25) is 0 Å². The predicted molar refractivity (Wildman–Crippen MR) is 65.6 cm³/mol. The number of aromatic nitrogens is 1. The van der Waals surface area contributed by atoms with Crippen LogP contribution in [0, 0.1) is 6.92 Å². The average Bonchev–Trinajstić information content (AvgIpc) is 2.52. The van der Waals surface area contributed by atoms with Gasteiger partial charge in [0.1, 0.15) is 10.6 Å². The van der Waals surface area contributed by atoms with Crippen molar-refractivity contribution in [1.29, 1.82) is 0 Å². The number of methoxy groups -OCH3 is 1. The minimum absolute atomic E-state index is 0.0353. The summed E-state index contributed by atoms with van der Waals surface area (Å²) in [6, 6.07) is 3.45. The summed E-state index contributed by atoms with van der Waals surface area (Å²) in [4.78, 5) is 0.0353. The molecule has 0 aliphatic rings. The molecule has 1 aromatic heterocycles. The van der Waals surface area contributed by atoms with Gasteiger partial charge < -0.3 is 9.30 Å². The highest BCUT2D eigenvalue weighted by molar-refractivity contribution is 7.89. The highest BCUT2D eigenvalue weighted by atomic mass is 32.2. The zero-order valence-electron chi connectivity index (χ0n) is 9.89. The fourth-order valence-electron chi connectivity index (χ4n) is 2.08. The van der Waals surface area contributed by atoms with E-state index in [2.05, 4.69) is 0 Å². The third-order valence-electron chi connectivity index (χ3n) is 2.76. The fraction of sp³-hybridized carbons (Fsp3) is 0.273. The molecule has 0 fully saturated rings. The Morgan fingerprint density at radius 1 is 1.35 bits per heavy atom. The van der Waals surface area contributed by atoms with E-state index in [1.165, 1.54) is 7.11 Å². The van der Waals surface area contributed by atoms with Crippen molar-refractivity contribution in [2.45, 2.75) is 11.8 Å². The molecule has 6 heteroatoms. The highest BCUT2D eigenvalue weighted by Gasteiger charge is 2.21. The molecule has 0 spiro atoms. The number of hydrogen-bond donors (Lipinski definition) is 1. The molecule has 0 bridgehead atoms. The molecule has 92 valence electrons. The topological polar surface area (TPSA) is 74.3 Å². The molecule has 0 saturated carbocycles. The van der Waals surface area contributed by atoms with E-state index in [0.29, 0.717) is 5.52 Å². The maximum Gasteiger partial charge on any atom is 0.243 e. The van der Waals surface area contributed by atoms with Crippen molar-refractivity contribution in [2.75, 3.05) is 7.11 Å². The standard InChI is InChI=1S/C11H14N2O3S/c1-7-6-13(2)10-8(7)4-5-9(16-3)11(10)17(12,14)15/h4-6H,1-3H3,(H2,12,14,15). The van der Waals surface area contributed by atoms with E-state index >= 15 is 0 Å². The van der Waals surface area contributed by atoms with Crippen molar-refractivity contribution in [3.05, 3.63) is 23.9 Å². The molecule has 17 heavy (non-hydrogen) atoms. The molecule has 0 saturated heterocycles. The molecule has 2 N–H and O–H groups in total. The predicted octanol–water partition coefficient (Wildman–Crippen LogP) is 1.14. The Kier molecular flexibility index (Phi) is 2.63. The van der Waals surface area contributed by atoms with E-state index < -0.39 is 10.0 Å². The minimum atomic E-state index is -3.83. The highest BCUT2D eigenvalue weighted by Crippen LogP contribution is 2.33. The fourth-order valence-corrected chi connectivity index (χ4v) is 3.04. The first-order chi connectivity index (χ1) is 7.86. The summed E-state index contributed by atoms with van der Waals surface area (Å²) in [6.07, 6.45) is 1.86. The number of primary sulfonamides is 1. The Labute approximate surface area is 99.8 Å². The van der Waals surface area contributed by atoms with E-state index in [4.69, 9.17) is 9.88 Å². The zero-order valence-corrected chi connectivity index (χ0v) is 10.7. The van der Waals surface area contributed by atoms with Crippen molar-refractivity contribution < 1.29 is 13.2 Å². The Hall–Kier alpha value is -1.53. The van der Waals surface area contributed by atoms with Gasteiger partial charge in [0.2, 0.25) is 10.0 Å². The third-order valence-corrected chi connectivity index (χ3v) is 3.73. The maximum atomic E-state index is 11.7. The van der Waals surface area contributed by atoms with E-state index in [0.717, 1.165) is 10.9 Å². The van der Waals surface area contributed by atoms with Crippen molar-refractivity contribution in [2.24, 2.45) is 12.2 Å². The first-order valence-corrected chi connectivity index (χ1v) is 6.56. The molecule has 0 aliphatic heterocycles. The Bertz CT molecular complexity index is 686. The van der Waals surface area contributed by atoms with Crippen LogP contribution in [-0.2, 0) is 17.1 Å². The van der Waals surface area contributed by atoms with Crippen LogP contribution in [0.4, 0.5) is 0 Å². The van der Waals surface area contributed by atoms with Crippen LogP contribution in [0.1, 0.15) is 5.56 Å². The van der Waals surface area contributed by atoms with Crippen LogP contribution in [0.25, 0.3) is 10.9 Å². The molecule has 2 rings (SSSR count). The summed E-state index contributed by atoms with van der Waals surface area (Å²) in [5.74, 6) is 0.265. The van der Waals surface area contributed by atoms with Gasteiger partial charge in [0.15, 0.2) is 0 Å². The van der Waals surface area contributed by atoms with Gasteiger partial charge in [-0.1, -0.05) is 0 Å². The normalized spacial score (nSPS) is 12.0. The van der Waals surface area contributed by atoms with Crippen molar-refractivity contribution in [3.63, 3.8) is 0 Å². The van der Waals surface area contributed by atoms with Gasteiger partial charge in [0, 0.05) is 18.6 Å². The van der Waals surface area contributed by atoms with Gasteiger partial charge in [-0.05, 0) is 24.6 Å². The number of ether oxygens (including phenoxy) is 1. The van der Waals surface area contributed by atoms with E-state index in [1.54, 1.807) is 17.7 Å². The number of nitrogens with zero attached hydrogens (tertiary/aromatic N) is 1. The molecular formula is C11H14N2O3S. The van der Waals surface area contributed by atoms with Crippen molar-refractivity contribution >= 4 is 20.9 Å². The zero-order chi connectivity index (χ0) is 12.8. The number of sulfonamides is 1. The van der Waals surface area contributed by atoms with Gasteiger partial charge in [0.25, 0.3) is 0 Å². The van der Waals surface area contributed by atoms with Crippen LogP contribution < -0.4 is 9.88 Å². The molecule has 1 aromatic carbocycles. The number of fused-ring (bicyclic) bond motifs is 1. The number of benzene rings is 1. The second-order valence-corrected chi connectivity index (χ2v) is 5.46. The molecule has 1 heterocycles. The summed E-state index contributed by atoms with van der Waals surface area (Å²) in [6.45, 7) is 1.92.